The molecule has 1 amide bonds. The molecule has 2 aromatic rings. The van der Waals surface area contributed by atoms with E-state index >= 15 is 0 Å². The molecule has 2 fully saturated rings. The summed E-state index contributed by atoms with van der Waals surface area (Å²) in [6, 6.07) is 19.0. The molecule has 34 heavy (non-hydrogen) atoms. The van der Waals surface area contributed by atoms with E-state index < -0.39 is 10.0 Å². The minimum Gasteiger partial charge on any atom is -0.448 e. The Morgan fingerprint density at radius 2 is 1.62 bits per heavy atom. The summed E-state index contributed by atoms with van der Waals surface area (Å²) < 4.78 is 32.7. The number of likely N-dealkylation sites (N-methyl/N-ethyl adjacent to an activating group) is 1. The lowest BCUT2D eigenvalue weighted by molar-refractivity contribution is 0.116. The van der Waals surface area contributed by atoms with Crippen LogP contribution in [-0.2, 0) is 14.8 Å². The van der Waals surface area contributed by atoms with Crippen LogP contribution in [0.15, 0.2) is 65.6 Å². The van der Waals surface area contributed by atoms with Crippen LogP contribution in [0.1, 0.15) is 30.7 Å². The van der Waals surface area contributed by atoms with Gasteiger partial charge in [0.25, 0.3) is 0 Å². The van der Waals surface area contributed by atoms with Crippen LogP contribution in [0.5, 0.6) is 0 Å². The molecule has 0 N–H and O–H groups in total. The standard InChI is InChI=1S/C25H33N3O4S.ClH/c1-26(33(30,31)24-10-6-3-7-11-24)20-22(21-8-4-2-5-9-21)12-15-27-16-13-23(14-17-27)28-18-19-32-25(28)29;/h2-11,22-23H,12-20H2,1H3;1H. The van der Waals surface area contributed by atoms with Gasteiger partial charge in [-0.1, -0.05) is 48.5 Å². The molecule has 0 aromatic heterocycles. The topological polar surface area (TPSA) is 70.2 Å². The molecule has 186 valence electrons. The molecule has 0 bridgehead atoms. The molecule has 2 aliphatic rings. The Kier molecular flexibility index (Phi) is 9.36. The molecule has 1 unspecified atom stereocenters. The maximum atomic E-state index is 13.1. The van der Waals surface area contributed by atoms with Gasteiger partial charge in [-0.05, 0) is 49.4 Å². The first-order chi connectivity index (χ1) is 15.9. The number of hydrogen-bond donors (Lipinski definition) is 0. The number of carbonyl (C=O) groups excluding carboxylic acids is 1. The molecule has 0 radical (unpaired) electrons. The van der Waals surface area contributed by atoms with Gasteiger partial charge in [-0.3, -0.25) is 0 Å². The Morgan fingerprint density at radius 1 is 1.00 bits per heavy atom. The highest BCUT2D eigenvalue weighted by atomic mass is 35.5. The summed E-state index contributed by atoms with van der Waals surface area (Å²) in [5.74, 6) is 0.0981. The molecular formula is C25H34ClN3O4S. The van der Waals surface area contributed by atoms with Crippen LogP contribution in [-0.4, -0.2) is 81.0 Å². The van der Waals surface area contributed by atoms with Crippen LogP contribution in [0.2, 0.25) is 0 Å². The maximum absolute atomic E-state index is 13.1. The lowest BCUT2D eigenvalue weighted by Crippen LogP contribution is -2.45. The van der Waals surface area contributed by atoms with Crippen molar-refractivity contribution in [2.45, 2.75) is 36.1 Å². The highest BCUT2D eigenvalue weighted by molar-refractivity contribution is 7.89. The van der Waals surface area contributed by atoms with Crippen LogP contribution in [0, 0.1) is 0 Å². The van der Waals surface area contributed by atoms with Crippen LogP contribution in [0.3, 0.4) is 0 Å². The predicted octanol–water partition coefficient (Wildman–Crippen LogP) is 3.82. The Labute approximate surface area is 209 Å². The average molecular weight is 508 g/mol. The molecule has 2 aliphatic heterocycles. The van der Waals surface area contributed by atoms with E-state index in [0.29, 0.717) is 24.6 Å². The van der Waals surface area contributed by atoms with Crippen molar-refractivity contribution in [1.29, 1.82) is 0 Å². The number of sulfonamides is 1. The molecule has 7 nitrogen and oxygen atoms in total. The zero-order valence-electron chi connectivity index (χ0n) is 19.6. The number of rotatable bonds is 9. The zero-order chi connectivity index (χ0) is 23.3. The fraction of sp³-hybridized carbons (Fsp3) is 0.480. The third-order valence-electron chi connectivity index (χ3n) is 6.78. The first kappa shape index (κ1) is 26.5. The molecule has 2 heterocycles. The zero-order valence-corrected chi connectivity index (χ0v) is 21.2. The number of piperidine rings is 1. The van der Waals surface area contributed by atoms with Crippen molar-refractivity contribution in [2.24, 2.45) is 0 Å². The van der Waals surface area contributed by atoms with Crippen LogP contribution < -0.4 is 0 Å². The number of nitrogens with zero attached hydrogens (tertiary/aromatic N) is 3. The Morgan fingerprint density at radius 3 is 2.21 bits per heavy atom. The SMILES string of the molecule is CN(CC(CCN1CCC(N2CCOC2=O)CC1)c1ccccc1)S(=O)(=O)c1ccccc1.Cl. The van der Waals surface area contributed by atoms with Crippen molar-refractivity contribution in [3.8, 4) is 0 Å². The van der Waals surface area contributed by atoms with Gasteiger partial charge in [0.05, 0.1) is 11.4 Å². The van der Waals surface area contributed by atoms with Gasteiger partial charge in [0.2, 0.25) is 10.0 Å². The second-order valence-electron chi connectivity index (χ2n) is 8.88. The summed E-state index contributed by atoms with van der Waals surface area (Å²) in [4.78, 5) is 16.5. The lowest BCUT2D eigenvalue weighted by Gasteiger charge is -2.36. The first-order valence-electron chi connectivity index (χ1n) is 11.7. The second kappa shape index (κ2) is 12.0. The van der Waals surface area contributed by atoms with Gasteiger partial charge in [0.1, 0.15) is 6.61 Å². The summed E-state index contributed by atoms with van der Waals surface area (Å²) in [5, 5.41) is 0. The lowest BCUT2D eigenvalue weighted by atomic mass is 9.94. The molecule has 1 atom stereocenters. The van der Waals surface area contributed by atoms with Crippen molar-refractivity contribution < 1.29 is 17.9 Å². The van der Waals surface area contributed by atoms with E-state index in [-0.39, 0.29) is 30.5 Å². The normalized spacial score (nSPS) is 18.5. The van der Waals surface area contributed by atoms with Crippen molar-refractivity contribution in [2.75, 3.05) is 46.4 Å². The minimum absolute atomic E-state index is 0. The number of cyclic esters (lactones) is 1. The highest BCUT2D eigenvalue weighted by Crippen LogP contribution is 2.26. The average Bonchev–Trinajstić information content (AvgIpc) is 3.28. The first-order valence-corrected chi connectivity index (χ1v) is 13.1. The molecule has 2 saturated heterocycles. The monoisotopic (exact) mass is 507 g/mol. The third kappa shape index (κ3) is 6.30. The Balaban J connectivity index is 0.00000324. The molecule has 2 aromatic carbocycles. The maximum Gasteiger partial charge on any atom is 0.410 e. The Hall–Kier alpha value is -2.13. The van der Waals surface area contributed by atoms with E-state index in [9.17, 15) is 13.2 Å². The van der Waals surface area contributed by atoms with Crippen LogP contribution in [0.25, 0.3) is 0 Å². The van der Waals surface area contributed by atoms with Crippen LogP contribution >= 0.6 is 12.4 Å². The van der Waals surface area contributed by atoms with E-state index in [1.807, 2.05) is 29.2 Å². The van der Waals surface area contributed by atoms with Gasteiger partial charge in [0.15, 0.2) is 0 Å². The van der Waals surface area contributed by atoms with Crippen molar-refractivity contribution in [1.82, 2.24) is 14.1 Å². The molecule has 0 spiro atoms. The van der Waals surface area contributed by atoms with Gasteiger partial charge < -0.3 is 14.5 Å². The van der Waals surface area contributed by atoms with Crippen LogP contribution in [0.4, 0.5) is 4.79 Å². The highest BCUT2D eigenvalue weighted by Gasteiger charge is 2.32. The van der Waals surface area contributed by atoms with E-state index in [1.54, 1.807) is 31.3 Å². The molecule has 0 aliphatic carbocycles. The molecule has 4 rings (SSSR count). The number of likely N-dealkylation sites (tertiary alicyclic amines) is 1. The van der Waals surface area contributed by atoms with Gasteiger partial charge in [-0.25, -0.2) is 17.5 Å². The summed E-state index contributed by atoms with van der Waals surface area (Å²) in [5.41, 5.74) is 1.15. The van der Waals surface area contributed by atoms with E-state index in [0.717, 1.165) is 44.5 Å². The quantitative estimate of drug-likeness (QED) is 0.516. The van der Waals surface area contributed by atoms with Gasteiger partial charge in [0, 0.05) is 32.7 Å². The van der Waals surface area contributed by atoms with Gasteiger partial charge >= 0.3 is 6.09 Å². The van der Waals surface area contributed by atoms with Crippen molar-refractivity contribution >= 4 is 28.5 Å². The van der Waals surface area contributed by atoms with E-state index in [1.165, 1.54) is 4.31 Å². The van der Waals surface area contributed by atoms with Crippen molar-refractivity contribution in [3.63, 3.8) is 0 Å². The third-order valence-corrected chi connectivity index (χ3v) is 8.62. The Bertz CT molecular complexity index is 1010. The summed E-state index contributed by atoms with van der Waals surface area (Å²) in [6.45, 7) is 4.40. The summed E-state index contributed by atoms with van der Waals surface area (Å²) in [7, 11) is -1.87. The largest absolute Gasteiger partial charge is 0.448 e. The molecular weight excluding hydrogens is 474 g/mol. The molecule has 9 heteroatoms. The number of hydrogen-bond acceptors (Lipinski definition) is 5. The fourth-order valence-electron chi connectivity index (χ4n) is 4.80. The second-order valence-corrected chi connectivity index (χ2v) is 10.9. The minimum atomic E-state index is -3.54. The smallest absolute Gasteiger partial charge is 0.410 e. The van der Waals surface area contributed by atoms with E-state index in [4.69, 9.17) is 4.74 Å². The number of amides is 1. The predicted molar refractivity (Wildman–Crippen MR) is 135 cm³/mol. The van der Waals surface area contributed by atoms with Gasteiger partial charge in [-0.15, -0.1) is 12.4 Å². The summed E-state index contributed by atoms with van der Waals surface area (Å²) >= 11 is 0. The number of carbonyl (C=O) groups is 1. The number of benzene rings is 2. The van der Waals surface area contributed by atoms with Crippen molar-refractivity contribution in [3.05, 3.63) is 66.2 Å². The van der Waals surface area contributed by atoms with Gasteiger partial charge in [-0.2, -0.15) is 0 Å². The fourth-order valence-corrected chi connectivity index (χ4v) is 6.04. The summed E-state index contributed by atoms with van der Waals surface area (Å²) in [6.07, 6.45) is 2.59. The number of ether oxygens (including phenoxy) is 1. The molecule has 0 saturated carbocycles. The van der Waals surface area contributed by atoms with E-state index in [2.05, 4.69) is 17.0 Å². The number of halogens is 1.